The van der Waals surface area contributed by atoms with Gasteiger partial charge in [-0.25, -0.2) is 4.98 Å². The minimum absolute atomic E-state index is 0.118. The molecule has 2 rings (SSSR count). The fourth-order valence-corrected chi connectivity index (χ4v) is 2.98. The molecular weight excluding hydrogens is 264 g/mol. The van der Waals surface area contributed by atoms with E-state index < -0.39 is 11.4 Å². The molecule has 0 spiro atoms. The Labute approximate surface area is 117 Å². The first kappa shape index (κ1) is 14.3. The van der Waals surface area contributed by atoms with E-state index in [-0.39, 0.29) is 11.6 Å². The SMILES string of the molecule is CC1OCCC1(C)Nc1nc(C(C)(C)C(=O)O)cs1. The molecule has 1 aliphatic heterocycles. The normalized spacial score (nSPS) is 27.5. The standard InChI is InChI=1S/C13H20N2O3S/c1-8-13(4,5-6-18-8)15-11-14-9(7-19-11)12(2,3)10(16)17/h7-8H,5-6H2,1-4H3,(H,14,15)(H,16,17). The van der Waals surface area contributed by atoms with Crippen LogP contribution in [0.5, 0.6) is 0 Å². The molecule has 0 radical (unpaired) electrons. The third-order valence-corrected chi connectivity index (χ3v) is 4.72. The van der Waals surface area contributed by atoms with E-state index in [1.807, 2.05) is 6.92 Å². The summed E-state index contributed by atoms with van der Waals surface area (Å²) >= 11 is 1.44. The van der Waals surface area contributed by atoms with Crippen LogP contribution in [-0.2, 0) is 14.9 Å². The van der Waals surface area contributed by atoms with Gasteiger partial charge in [0.2, 0.25) is 0 Å². The smallest absolute Gasteiger partial charge is 0.315 e. The Hall–Kier alpha value is -1.14. The first-order valence-corrected chi connectivity index (χ1v) is 7.23. The van der Waals surface area contributed by atoms with Gasteiger partial charge in [0.05, 0.1) is 17.3 Å². The number of hydrogen-bond acceptors (Lipinski definition) is 5. The van der Waals surface area contributed by atoms with Gasteiger partial charge < -0.3 is 15.2 Å². The number of ether oxygens (including phenoxy) is 1. The van der Waals surface area contributed by atoms with E-state index in [1.165, 1.54) is 11.3 Å². The van der Waals surface area contributed by atoms with E-state index in [2.05, 4.69) is 17.2 Å². The summed E-state index contributed by atoms with van der Waals surface area (Å²) in [4.78, 5) is 15.6. The number of carboxylic acids is 1. The van der Waals surface area contributed by atoms with Crippen molar-refractivity contribution in [2.75, 3.05) is 11.9 Å². The number of carboxylic acid groups (broad SMARTS) is 1. The van der Waals surface area contributed by atoms with Crippen molar-refractivity contribution < 1.29 is 14.6 Å². The molecule has 5 nitrogen and oxygen atoms in total. The number of nitrogens with zero attached hydrogens (tertiary/aromatic N) is 1. The zero-order valence-corrected chi connectivity index (χ0v) is 12.5. The van der Waals surface area contributed by atoms with Gasteiger partial charge in [0.1, 0.15) is 5.41 Å². The van der Waals surface area contributed by atoms with Gasteiger partial charge in [-0.1, -0.05) is 0 Å². The Balaban J connectivity index is 2.16. The lowest BCUT2D eigenvalue weighted by Crippen LogP contribution is -2.41. The predicted octanol–water partition coefficient (Wildman–Crippen LogP) is 2.48. The molecule has 1 aliphatic rings. The van der Waals surface area contributed by atoms with Crippen LogP contribution in [0.4, 0.5) is 5.13 Å². The monoisotopic (exact) mass is 284 g/mol. The largest absolute Gasteiger partial charge is 0.481 e. The first-order chi connectivity index (χ1) is 8.75. The van der Waals surface area contributed by atoms with Crippen molar-refractivity contribution in [3.63, 3.8) is 0 Å². The van der Waals surface area contributed by atoms with Crippen molar-refractivity contribution in [2.45, 2.75) is 51.2 Å². The molecule has 0 bridgehead atoms. The lowest BCUT2D eigenvalue weighted by Gasteiger charge is -2.28. The number of rotatable bonds is 4. The molecule has 0 aliphatic carbocycles. The van der Waals surface area contributed by atoms with Crippen LogP contribution in [0.3, 0.4) is 0 Å². The Morgan fingerprint density at radius 2 is 2.37 bits per heavy atom. The van der Waals surface area contributed by atoms with E-state index in [0.29, 0.717) is 5.69 Å². The Bertz CT molecular complexity index is 486. The van der Waals surface area contributed by atoms with Crippen LogP contribution in [0.1, 0.15) is 39.8 Å². The van der Waals surface area contributed by atoms with Gasteiger partial charge in [0.15, 0.2) is 5.13 Å². The maximum absolute atomic E-state index is 11.2. The van der Waals surface area contributed by atoms with E-state index in [4.69, 9.17) is 4.74 Å². The Kier molecular flexibility index (Phi) is 3.57. The number of carbonyl (C=O) groups is 1. The number of thiazole rings is 1. The van der Waals surface area contributed by atoms with Crippen LogP contribution in [-0.4, -0.2) is 34.3 Å². The molecule has 2 atom stereocenters. The second-order valence-electron chi connectivity index (χ2n) is 5.77. The second kappa shape index (κ2) is 4.76. The van der Waals surface area contributed by atoms with Crippen molar-refractivity contribution in [1.29, 1.82) is 0 Å². The van der Waals surface area contributed by atoms with Crippen LogP contribution < -0.4 is 5.32 Å². The van der Waals surface area contributed by atoms with Crippen LogP contribution in [0.25, 0.3) is 0 Å². The lowest BCUT2D eigenvalue weighted by atomic mass is 9.90. The highest BCUT2D eigenvalue weighted by Gasteiger charge is 2.38. The maximum atomic E-state index is 11.2. The molecule has 2 N–H and O–H groups in total. The maximum Gasteiger partial charge on any atom is 0.315 e. The molecule has 2 unspecified atom stereocenters. The summed E-state index contributed by atoms with van der Waals surface area (Å²) in [5.74, 6) is -0.867. The molecule has 1 aromatic heterocycles. The van der Waals surface area contributed by atoms with E-state index in [1.54, 1.807) is 19.2 Å². The van der Waals surface area contributed by atoms with Gasteiger partial charge in [0, 0.05) is 12.0 Å². The number of hydrogen-bond donors (Lipinski definition) is 2. The first-order valence-electron chi connectivity index (χ1n) is 6.35. The summed E-state index contributed by atoms with van der Waals surface area (Å²) in [5.41, 5.74) is -0.514. The van der Waals surface area contributed by atoms with Crippen molar-refractivity contribution in [2.24, 2.45) is 0 Å². The van der Waals surface area contributed by atoms with E-state index >= 15 is 0 Å². The molecule has 1 saturated heterocycles. The zero-order chi connectivity index (χ0) is 14.3. The molecule has 106 valence electrons. The number of aromatic nitrogens is 1. The van der Waals surface area contributed by atoms with Gasteiger partial charge in [-0.15, -0.1) is 11.3 Å². The molecule has 0 saturated carbocycles. The third-order valence-electron chi connectivity index (χ3n) is 3.96. The average molecular weight is 284 g/mol. The number of nitrogens with one attached hydrogen (secondary N) is 1. The highest BCUT2D eigenvalue weighted by atomic mass is 32.1. The quantitative estimate of drug-likeness (QED) is 0.888. The van der Waals surface area contributed by atoms with Crippen molar-refractivity contribution in [3.05, 3.63) is 11.1 Å². The van der Waals surface area contributed by atoms with Gasteiger partial charge in [-0.3, -0.25) is 4.79 Å². The molecule has 0 aromatic carbocycles. The number of anilines is 1. The van der Waals surface area contributed by atoms with Crippen molar-refractivity contribution in [3.8, 4) is 0 Å². The molecule has 1 aromatic rings. The zero-order valence-electron chi connectivity index (χ0n) is 11.7. The molecule has 1 fully saturated rings. The number of aliphatic carboxylic acids is 1. The molecule has 19 heavy (non-hydrogen) atoms. The average Bonchev–Trinajstić information content (AvgIpc) is 2.88. The minimum atomic E-state index is -0.963. The van der Waals surface area contributed by atoms with Crippen LogP contribution in [0, 0.1) is 0 Å². The summed E-state index contributed by atoms with van der Waals surface area (Å²) in [6.07, 6.45) is 1.04. The summed E-state index contributed by atoms with van der Waals surface area (Å²) in [6, 6.07) is 0. The molecule has 6 heteroatoms. The van der Waals surface area contributed by atoms with Crippen LogP contribution in [0.15, 0.2) is 5.38 Å². The summed E-state index contributed by atoms with van der Waals surface area (Å²) < 4.78 is 5.57. The fraction of sp³-hybridized carbons (Fsp3) is 0.692. The van der Waals surface area contributed by atoms with Crippen LogP contribution in [0.2, 0.25) is 0 Å². The lowest BCUT2D eigenvalue weighted by molar-refractivity contribution is -0.142. The van der Waals surface area contributed by atoms with Crippen LogP contribution >= 0.6 is 11.3 Å². The van der Waals surface area contributed by atoms with Gasteiger partial charge in [0.25, 0.3) is 0 Å². The van der Waals surface area contributed by atoms with E-state index in [0.717, 1.165) is 18.2 Å². The van der Waals surface area contributed by atoms with Gasteiger partial charge in [-0.05, 0) is 34.1 Å². The Morgan fingerprint density at radius 3 is 2.89 bits per heavy atom. The highest BCUT2D eigenvalue weighted by molar-refractivity contribution is 7.13. The van der Waals surface area contributed by atoms with Crippen molar-refractivity contribution in [1.82, 2.24) is 4.98 Å². The molecule has 2 heterocycles. The summed E-state index contributed by atoms with van der Waals surface area (Å²) in [5, 5.41) is 15.2. The fourth-order valence-electron chi connectivity index (χ4n) is 1.97. The second-order valence-corrected chi connectivity index (χ2v) is 6.63. The topological polar surface area (TPSA) is 71.5 Å². The third kappa shape index (κ3) is 2.60. The highest BCUT2D eigenvalue weighted by Crippen LogP contribution is 2.33. The molecular formula is C13H20N2O3S. The summed E-state index contributed by atoms with van der Waals surface area (Å²) in [7, 11) is 0. The van der Waals surface area contributed by atoms with E-state index in [9.17, 15) is 9.90 Å². The van der Waals surface area contributed by atoms with Gasteiger partial charge >= 0.3 is 5.97 Å². The van der Waals surface area contributed by atoms with Crippen molar-refractivity contribution >= 4 is 22.4 Å². The van der Waals surface area contributed by atoms with Gasteiger partial charge in [-0.2, -0.15) is 0 Å². The minimum Gasteiger partial charge on any atom is -0.481 e. The predicted molar refractivity (Wildman–Crippen MR) is 74.8 cm³/mol. The Morgan fingerprint density at radius 1 is 1.68 bits per heavy atom. The summed E-state index contributed by atoms with van der Waals surface area (Å²) in [6.45, 7) is 8.21. The molecule has 0 amide bonds.